The number of hydrogen-bond acceptors (Lipinski definition) is 0. The summed E-state index contributed by atoms with van der Waals surface area (Å²) in [6.07, 6.45) is 4.42. The van der Waals surface area contributed by atoms with Crippen molar-refractivity contribution in [3.05, 3.63) is 61.2 Å². The predicted molar refractivity (Wildman–Crippen MR) is 63.6 cm³/mol. The first-order valence-electron chi connectivity index (χ1n) is 5.15. The van der Waals surface area contributed by atoms with E-state index >= 15 is 0 Å². The van der Waals surface area contributed by atoms with Crippen LogP contribution in [0.4, 0.5) is 4.39 Å². The summed E-state index contributed by atoms with van der Waals surface area (Å²) in [5, 5.41) is 0. The molecule has 1 aromatic rings. The Kier molecular flexibility index (Phi) is 4.29. The molecule has 0 nitrogen and oxygen atoms in total. The molecule has 0 radical (unpaired) electrons. The highest BCUT2D eigenvalue weighted by Crippen LogP contribution is 2.26. The van der Waals surface area contributed by atoms with Gasteiger partial charge in [-0.1, -0.05) is 42.5 Å². The molecule has 0 unspecified atom stereocenters. The molecule has 0 amide bonds. The van der Waals surface area contributed by atoms with E-state index < -0.39 is 5.67 Å². The Morgan fingerprint density at radius 3 is 2.07 bits per heavy atom. The van der Waals surface area contributed by atoms with Gasteiger partial charge in [0, 0.05) is 6.42 Å². The average Bonchev–Trinajstić information content (AvgIpc) is 2.19. The second-order valence-electron chi connectivity index (χ2n) is 3.80. The normalized spacial score (nSPS) is 11.0. The first kappa shape index (κ1) is 11.7. The molecule has 0 aliphatic heterocycles. The Bertz CT molecular complexity index is 303. The monoisotopic (exact) mass is 204 g/mol. The molecule has 1 heteroatoms. The van der Waals surface area contributed by atoms with Crippen molar-refractivity contribution in [3.63, 3.8) is 0 Å². The van der Waals surface area contributed by atoms with Crippen molar-refractivity contribution in [1.82, 2.24) is 0 Å². The van der Waals surface area contributed by atoms with Gasteiger partial charge in [-0.2, -0.15) is 0 Å². The van der Waals surface area contributed by atoms with Crippen molar-refractivity contribution in [1.29, 1.82) is 0 Å². The van der Waals surface area contributed by atoms with Gasteiger partial charge in [-0.3, -0.25) is 0 Å². The summed E-state index contributed by atoms with van der Waals surface area (Å²) in [7, 11) is 0. The van der Waals surface area contributed by atoms with E-state index in [1.54, 1.807) is 12.2 Å². The molecule has 0 heterocycles. The lowest BCUT2D eigenvalue weighted by Crippen LogP contribution is -2.24. The van der Waals surface area contributed by atoms with Gasteiger partial charge in [0.15, 0.2) is 0 Å². The second kappa shape index (κ2) is 5.50. The van der Waals surface area contributed by atoms with E-state index in [9.17, 15) is 4.39 Å². The molecule has 0 N–H and O–H groups in total. The third-order valence-corrected chi connectivity index (χ3v) is 2.38. The fraction of sp³-hybridized carbons (Fsp3) is 0.286. The lowest BCUT2D eigenvalue weighted by Gasteiger charge is -2.22. The topological polar surface area (TPSA) is 0 Å². The highest BCUT2D eigenvalue weighted by Gasteiger charge is 2.26. The van der Waals surface area contributed by atoms with Crippen LogP contribution in [0.3, 0.4) is 0 Å². The van der Waals surface area contributed by atoms with Gasteiger partial charge >= 0.3 is 0 Å². The minimum absolute atomic E-state index is 0.369. The quantitative estimate of drug-likeness (QED) is 0.612. The Balaban J connectivity index is 2.74. The van der Waals surface area contributed by atoms with Crippen LogP contribution in [0, 0.1) is 0 Å². The Hall–Kier alpha value is -1.37. The molecule has 0 atom stereocenters. The van der Waals surface area contributed by atoms with E-state index in [-0.39, 0.29) is 0 Å². The molecular weight excluding hydrogens is 187 g/mol. The van der Waals surface area contributed by atoms with Crippen LogP contribution in [0.1, 0.15) is 18.4 Å². The van der Waals surface area contributed by atoms with E-state index in [0.29, 0.717) is 19.3 Å². The molecule has 0 aromatic heterocycles. The second-order valence-corrected chi connectivity index (χ2v) is 3.80. The van der Waals surface area contributed by atoms with Gasteiger partial charge in [0.2, 0.25) is 0 Å². The molecule has 80 valence electrons. The summed E-state index contributed by atoms with van der Waals surface area (Å²) in [5.41, 5.74) is -0.214. The van der Waals surface area contributed by atoms with Gasteiger partial charge in [-0.25, -0.2) is 4.39 Å². The van der Waals surface area contributed by atoms with Gasteiger partial charge in [0.05, 0.1) is 0 Å². The third-order valence-electron chi connectivity index (χ3n) is 2.38. The SMILES string of the molecule is C=CCC(F)(CC=C)Cc1ccccc1. The zero-order valence-electron chi connectivity index (χ0n) is 8.95. The summed E-state index contributed by atoms with van der Waals surface area (Å²) in [4.78, 5) is 0. The average molecular weight is 204 g/mol. The van der Waals surface area contributed by atoms with Crippen LogP contribution in [0.2, 0.25) is 0 Å². The molecule has 0 aliphatic carbocycles. The predicted octanol–water partition coefficient (Wildman–Crippen LogP) is 4.09. The number of halogens is 1. The molecule has 0 fully saturated rings. The van der Waals surface area contributed by atoms with Crippen molar-refractivity contribution in [2.24, 2.45) is 0 Å². The van der Waals surface area contributed by atoms with E-state index in [1.165, 1.54) is 0 Å². The van der Waals surface area contributed by atoms with Crippen molar-refractivity contribution >= 4 is 0 Å². The minimum Gasteiger partial charge on any atom is -0.243 e. The van der Waals surface area contributed by atoms with E-state index in [1.807, 2.05) is 30.3 Å². The number of allylic oxidation sites excluding steroid dienone is 2. The maximum Gasteiger partial charge on any atom is 0.121 e. The molecule has 0 saturated carbocycles. The van der Waals surface area contributed by atoms with Gasteiger partial charge in [-0.05, 0) is 18.4 Å². The van der Waals surface area contributed by atoms with E-state index in [2.05, 4.69) is 13.2 Å². The van der Waals surface area contributed by atoms with Crippen LogP contribution >= 0.6 is 0 Å². The van der Waals surface area contributed by atoms with Crippen molar-refractivity contribution < 1.29 is 4.39 Å². The number of hydrogen-bond donors (Lipinski definition) is 0. The molecule has 0 spiro atoms. The van der Waals surface area contributed by atoms with Crippen LogP contribution in [0.25, 0.3) is 0 Å². The largest absolute Gasteiger partial charge is 0.243 e. The Labute approximate surface area is 91.1 Å². The fourth-order valence-electron chi connectivity index (χ4n) is 1.71. The zero-order chi connectivity index (χ0) is 11.1. The summed E-state index contributed by atoms with van der Waals surface area (Å²) < 4.78 is 14.3. The Morgan fingerprint density at radius 2 is 1.60 bits per heavy atom. The smallest absolute Gasteiger partial charge is 0.121 e. The number of alkyl halides is 1. The maximum absolute atomic E-state index is 14.3. The summed E-state index contributed by atoms with van der Waals surface area (Å²) in [5.74, 6) is 0. The third kappa shape index (κ3) is 3.70. The van der Waals surface area contributed by atoms with Gasteiger partial charge < -0.3 is 0 Å². The lowest BCUT2D eigenvalue weighted by atomic mass is 9.90. The van der Waals surface area contributed by atoms with Crippen molar-refractivity contribution in [2.75, 3.05) is 0 Å². The van der Waals surface area contributed by atoms with Gasteiger partial charge in [-0.15, -0.1) is 13.2 Å². The summed E-state index contributed by atoms with van der Waals surface area (Å²) in [6, 6.07) is 9.68. The summed E-state index contributed by atoms with van der Waals surface area (Å²) in [6.45, 7) is 7.19. The molecule has 0 saturated heterocycles. The number of rotatable bonds is 6. The molecule has 0 bridgehead atoms. The van der Waals surface area contributed by atoms with Crippen LogP contribution in [0.15, 0.2) is 55.6 Å². The van der Waals surface area contributed by atoms with Crippen molar-refractivity contribution in [3.8, 4) is 0 Å². The molecule has 0 aliphatic rings. The lowest BCUT2D eigenvalue weighted by molar-refractivity contribution is 0.171. The number of benzene rings is 1. The zero-order valence-corrected chi connectivity index (χ0v) is 8.95. The first-order chi connectivity index (χ1) is 7.20. The summed E-state index contributed by atoms with van der Waals surface area (Å²) >= 11 is 0. The minimum atomic E-state index is -1.23. The van der Waals surface area contributed by atoms with Crippen LogP contribution in [0.5, 0.6) is 0 Å². The van der Waals surface area contributed by atoms with Gasteiger partial charge in [0.1, 0.15) is 5.67 Å². The first-order valence-corrected chi connectivity index (χ1v) is 5.15. The van der Waals surface area contributed by atoms with E-state index in [4.69, 9.17) is 0 Å². The van der Waals surface area contributed by atoms with Crippen LogP contribution < -0.4 is 0 Å². The fourth-order valence-corrected chi connectivity index (χ4v) is 1.71. The molecule has 1 aromatic carbocycles. The Morgan fingerprint density at radius 1 is 1.07 bits per heavy atom. The highest BCUT2D eigenvalue weighted by atomic mass is 19.1. The maximum atomic E-state index is 14.3. The molecule has 15 heavy (non-hydrogen) atoms. The van der Waals surface area contributed by atoms with Crippen molar-refractivity contribution in [2.45, 2.75) is 24.9 Å². The van der Waals surface area contributed by atoms with Gasteiger partial charge in [0.25, 0.3) is 0 Å². The standard InChI is InChI=1S/C14H17F/c1-3-10-14(15,11-4-2)12-13-8-6-5-7-9-13/h3-9H,1-2,10-12H2. The van der Waals surface area contributed by atoms with Crippen LogP contribution in [-0.2, 0) is 6.42 Å². The molecule has 1 rings (SSSR count). The highest BCUT2D eigenvalue weighted by molar-refractivity contribution is 5.18. The van der Waals surface area contributed by atoms with E-state index in [0.717, 1.165) is 5.56 Å². The molecular formula is C14H17F. The van der Waals surface area contributed by atoms with Crippen LogP contribution in [-0.4, -0.2) is 5.67 Å².